The second-order valence-electron chi connectivity index (χ2n) is 6.26. The Balaban J connectivity index is 0.00000156. The Bertz CT molecular complexity index is 730. The van der Waals surface area contributed by atoms with Crippen LogP contribution >= 0.6 is 24.0 Å². The van der Waals surface area contributed by atoms with E-state index in [4.69, 9.17) is 16.0 Å². The van der Waals surface area contributed by atoms with Crippen LogP contribution in [0.25, 0.3) is 11.0 Å². The van der Waals surface area contributed by atoms with Crippen LogP contribution in [0.5, 0.6) is 0 Å². The second-order valence-corrected chi connectivity index (χ2v) is 6.67. The van der Waals surface area contributed by atoms with Crippen LogP contribution < -0.4 is 5.32 Å². The molecule has 2 aliphatic heterocycles. The molecule has 0 radical (unpaired) electrons. The topological polar surface area (TPSA) is 45.5 Å². The Kier molecular flexibility index (Phi) is 4.59. The molecule has 2 atom stereocenters. The van der Waals surface area contributed by atoms with Crippen molar-refractivity contribution in [3.8, 4) is 0 Å². The lowest BCUT2D eigenvalue weighted by Crippen LogP contribution is -2.42. The lowest BCUT2D eigenvalue weighted by molar-refractivity contribution is 0.0649. The van der Waals surface area contributed by atoms with E-state index in [-0.39, 0.29) is 24.4 Å². The van der Waals surface area contributed by atoms with Crippen LogP contribution in [0, 0.1) is 6.92 Å². The number of hydrogen-bond donors (Lipinski definition) is 1. The van der Waals surface area contributed by atoms with E-state index >= 15 is 0 Å². The summed E-state index contributed by atoms with van der Waals surface area (Å²) in [5.74, 6) is 0.461. The molecule has 0 spiro atoms. The van der Waals surface area contributed by atoms with Crippen molar-refractivity contribution in [2.75, 3.05) is 13.1 Å². The van der Waals surface area contributed by atoms with Crippen LogP contribution in [0.15, 0.2) is 22.6 Å². The van der Waals surface area contributed by atoms with Gasteiger partial charge in [0.25, 0.3) is 5.91 Å². The molecule has 1 N–H and O–H groups in total. The van der Waals surface area contributed by atoms with Crippen molar-refractivity contribution < 1.29 is 9.21 Å². The minimum absolute atomic E-state index is 0. The number of carbonyl (C=O) groups is 1. The van der Waals surface area contributed by atoms with Gasteiger partial charge in [-0.3, -0.25) is 4.79 Å². The molecule has 1 aromatic heterocycles. The number of benzene rings is 1. The Labute approximate surface area is 146 Å². The first-order valence-corrected chi connectivity index (χ1v) is 8.25. The number of hydrogen-bond acceptors (Lipinski definition) is 3. The van der Waals surface area contributed by atoms with Crippen molar-refractivity contribution in [1.82, 2.24) is 10.2 Å². The fraction of sp³-hybridized carbons (Fsp3) is 0.471. The maximum atomic E-state index is 13.1. The summed E-state index contributed by atoms with van der Waals surface area (Å²) in [6, 6.07) is 6.25. The molecule has 4 nitrogen and oxygen atoms in total. The SMILES string of the molecule is Cc1c(C(=O)N2C3CCNCC2CC3)oc2c(Cl)cccc12.Cl. The number of halogens is 2. The molecule has 23 heavy (non-hydrogen) atoms. The van der Waals surface area contributed by atoms with Gasteiger partial charge in [0, 0.05) is 29.6 Å². The zero-order valence-corrected chi connectivity index (χ0v) is 14.5. The number of aryl methyl sites for hydroxylation is 1. The van der Waals surface area contributed by atoms with Gasteiger partial charge < -0.3 is 14.6 Å². The minimum Gasteiger partial charge on any atom is -0.449 e. The summed E-state index contributed by atoms with van der Waals surface area (Å²) in [5.41, 5.74) is 1.50. The standard InChI is InChI=1S/C17H19ClN2O2.ClH/c1-10-13-3-2-4-14(18)16(13)22-15(10)17(21)20-11-5-6-12(20)9-19-8-7-11;/h2-4,11-12,19H,5-9H2,1H3;1H. The molecule has 2 fully saturated rings. The first-order valence-electron chi connectivity index (χ1n) is 7.88. The molecule has 0 aliphatic carbocycles. The molecule has 1 amide bonds. The van der Waals surface area contributed by atoms with E-state index in [2.05, 4.69) is 5.32 Å². The average molecular weight is 355 g/mol. The van der Waals surface area contributed by atoms with Crippen LogP contribution in [0.1, 0.15) is 35.4 Å². The molecule has 124 valence electrons. The van der Waals surface area contributed by atoms with E-state index in [9.17, 15) is 4.79 Å². The number of amides is 1. The maximum absolute atomic E-state index is 13.1. The monoisotopic (exact) mass is 354 g/mol. The first-order chi connectivity index (χ1) is 10.7. The number of fused-ring (bicyclic) bond motifs is 3. The van der Waals surface area contributed by atoms with E-state index in [1.807, 2.05) is 24.0 Å². The molecular formula is C17H20Cl2N2O2. The maximum Gasteiger partial charge on any atom is 0.290 e. The summed E-state index contributed by atoms with van der Waals surface area (Å²) >= 11 is 6.20. The minimum atomic E-state index is 0. The fourth-order valence-corrected chi connectivity index (χ4v) is 4.06. The van der Waals surface area contributed by atoms with Crippen LogP contribution in [-0.4, -0.2) is 36.0 Å². The van der Waals surface area contributed by atoms with Crippen LogP contribution in [0.2, 0.25) is 5.02 Å². The average Bonchev–Trinajstić information content (AvgIpc) is 2.96. The first kappa shape index (κ1) is 16.6. The van der Waals surface area contributed by atoms with E-state index in [1.54, 1.807) is 6.07 Å². The highest BCUT2D eigenvalue weighted by molar-refractivity contribution is 6.35. The number of carbonyl (C=O) groups excluding carboxylic acids is 1. The van der Waals surface area contributed by atoms with Crippen molar-refractivity contribution in [3.63, 3.8) is 0 Å². The predicted octanol–water partition coefficient (Wildman–Crippen LogP) is 3.78. The number of para-hydroxylation sites is 1. The molecule has 2 saturated heterocycles. The van der Waals surface area contributed by atoms with Gasteiger partial charge in [0.05, 0.1) is 5.02 Å². The zero-order chi connectivity index (χ0) is 15.3. The highest BCUT2D eigenvalue weighted by Gasteiger charge is 2.40. The lowest BCUT2D eigenvalue weighted by Gasteiger charge is -2.27. The third kappa shape index (κ3) is 2.63. The highest BCUT2D eigenvalue weighted by atomic mass is 35.5. The number of furan rings is 1. The van der Waals surface area contributed by atoms with Crippen LogP contribution in [-0.2, 0) is 0 Å². The quantitative estimate of drug-likeness (QED) is 0.847. The van der Waals surface area contributed by atoms with Gasteiger partial charge >= 0.3 is 0 Å². The van der Waals surface area contributed by atoms with Crippen molar-refractivity contribution in [1.29, 1.82) is 0 Å². The van der Waals surface area contributed by atoms with Gasteiger partial charge in [0.2, 0.25) is 0 Å². The molecule has 2 unspecified atom stereocenters. The fourth-order valence-electron chi connectivity index (χ4n) is 3.84. The van der Waals surface area contributed by atoms with E-state index in [0.717, 1.165) is 43.3 Å². The molecular weight excluding hydrogens is 335 g/mol. The Morgan fingerprint density at radius 2 is 2.09 bits per heavy atom. The lowest BCUT2D eigenvalue weighted by atomic mass is 10.1. The summed E-state index contributed by atoms with van der Waals surface area (Å²) < 4.78 is 5.87. The normalized spacial score (nSPS) is 23.7. The number of nitrogens with one attached hydrogen (secondary N) is 1. The molecule has 3 heterocycles. The Hall–Kier alpha value is -1.23. The van der Waals surface area contributed by atoms with E-state index in [1.165, 1.54) is 0 Å². The van der Waals surface area contributed by atoms with Crippen molar-refractivity contribution in [2.24, 2.45) is 0 Å². The van der Waals surface area contributed by atoms with Gasteiger partial charge in [0.1, 0.15) is 0 Å². The summed E-state index contributed by atoms with van der Waals surface area (Å²) in [5, 5.41) is 4.90. The third-order valence-electron chi connectivity index (χ3n) is 5.00. The number of rotatable bonds is 1. The largest absolute Gasteiger partial charge is 0.449 e. The van der Waals surface area contributed by atoms with Crippen LogP contribution in [0.3, 0.4) is 0 Å². The van der Waals surface area contributed by atoms with Gasteiger partial charge in [0.15, 0.2) is 11.3 Å². The third-order valence-corrected chi connectivity index (χ3v) is 5.30. The molecule has 2 aromatic rings. The van der Waals surface area contributed by atoms with Crippen molar-refractivity contribution >= 4 is 40.9 Å². The molecule has 2 bridgehead atoms. The second kappa shape index (κ2) is 6.34. The summed E-state index contributed by atoms with van der Waals surface area (Å²) in [6.07, 6.45) is 3.18. The Morgan fingerprint density at radius 1 is 1.30 bits per heavy atom. The molecule has 6 heteroatoms. The van der Waals surface area contributed by atoms with Gasteiger partial charge in [-0.1, -0.05) is 23.7 Å². The smallest absolute Gasteiger partial charge is 0.290 e. The van der Waals surface area contributed by atoms with Gasteiger partial charge in [-0.05, 0) is 38.8 Å². The summed E-state index contributed by atoms with van der Waals surface area (Å²) in [6.45, 7) is 3.80. The van der Waals surface area contributed by atoms with Crippen molar-refractivity contribution in [2.45, 2.75) is 38.3 Å². The highest BCUT2D eigenvalue weighted by Crippen LogP contribution is 2.34. The summed E-state index contributed by atoms with van der Waals surface area (Å²) in [7, 11) is 0. The molecule has 2 aliphatic rings. The Morgan fingerprint density at radius 3 is 2.87 bits per heavy atom. The molecule has 4 rings (SSSR count). The van der Waals surface area contributed by atoms with Gasteiger partial charge in [-0.2, -0.15) is 0 Å². The molecule has 0 saturated carbocycles. The van der Waals surface area contributed by atoms with E-state index in [0.29, 0.717) is 22.4 Å². The number of nitrogens with zero attached hydrogens (tertiary/aromatic N) is 1. The predicted molar refractivity (Wildman–Crippen MR) is 93.7 cm³/mol. The zero-order valence-electron chi connectivity index (χ0n) is 13.0. The van der Waals surface area contributed by atoms with Gasteiger partial charge in [-0.25, -0.2) is 0 Å². The van der Waals surface area contributed by atoms with Crippen LogP contribution in [0.4, 0.5) is 0 Å². The summed E-state index contributed by atoms with van der Waals surface area (Å²) in [4.78, 5) is 15.1. The molecule has 1 aromatic carbocycles. The van der Waals surface area contributed by atoms with E-state index < -0.39 is 0 Å². The van der Waals surface area contributed by atoms with Crippen molar-refractivity contribution in [3.05, 3.63) is 34.5 Å². The van der Waals surface area contributed by atoms with Gasteiger partial charge in [-0.15, -0.1) is 12.4 Å².